The van der Waals surface area contributed by atoms with E-state index in [0.29, 0.717) is 0 Å². The van der Waals surface area contributed by atoms with Crippen molar-refractivity contribution in [2.45, 2.75) is 25.9 Å². The van der Waals surface area contributed by atoms with Gasteiger partial charge in [0.2, 0.25) is 0 Å². The third-order valence-corrected chi connectivity index (χ3v) is 1.38. The second kappa shape index (κ2) is 4.01. The van der Waals surface area contributed by atoms with Crippen molar-refractivity contribution in [2.75, 3.05) is 6.61 Å². The summed E-state index contributed by atoms with van der Waals surface area (Å²) in [5.74, 6) is 0.169. The molecule has 1 fully saturated rings. The Hall–Kier alpha value is 0.110. The quantitative estimate of drug-likeness (QED) is 0.630. The van der Waals surface area contributed by atoms with Gasteiger partial charge in [-0.25, -0.2) is 0 Å². The SMILES string of the molecule is Br.CC(=O)C1CCCO1. The molecular weight excluding hydrogens is 184 g/mol. The first-order valence-electron chi connectivity index (χ1n) is 2.93. The molecule has 0 aromatic rings. The summed E-state index contributed by atoms with van der Waals surface area (Å²) in [6.45, 7) is 2.35. The maximum absolute atomic E-state index is 10.5. The number of hydrogen-bond donors (Lipinski definition) is 0. The molecular formula is C6H11BrO2. The lowest BCUT2D eigenvalue weighted by Gasteiger charge is -2.00. The summed E-state index contributed by atoms with van der Waals surface area (Å²) >= 11 is 0. The number of ketones is 1. The van der Waals surface area contributed by atoms with E-state index in [2.05, 4.69) is 0 Å². The van der Waals surface area contributed by atoms with Crippen LogP contribution in [0.25, 0.3) is 0 Å². The Morgan fingerprint density at radius 2 is 2.33 bits per heavy atom. The van der Waals surface area contributed by atoms with Crippen LogP contribution in [0.2, 0.25) is 0 Å². The molecule has 1 atom stereocenters. The fourth-order valence-corrected chi connectivity index (χ4v) is 0.898. The van der Waals surface area contributed by atoms with E-state index in [9.17, 15) is 4.79 Å². The molecule has 2 nitrogen and oxygen atoms in total. The molecule has 9 heavy (non-hydrogen) atoms. The van der Waals surface area contributed by atoms with Gasteiger partial charge < -0.3 is 4.74 Å². The second-order valence-corrected chi connectivity index (χ2v) is 2.11. The van der Waals surface area contributed by atoms with Crippen molar-refractivity contribution in [3.63, 3.8) is 0 Å². The fraction of sp³-hybridized carbons (Fsp3) is 0.833. The molecule has 1 heterocycles. The third kappa shape index (κ3) is 2.45. The van der Waals surface area contributed by atoms with E-state index in [4.69, 9.17) is 4.74 Å². The predicted octanol–water partition coefficient (Wildman–Crippen LogP) is 1.33. The van der Waals surface area contributed by atoms with Crippen molar-refractivity contribution in [1.29, 1.82) is 0 Å². The largest absolute Gasteiger partial charge is 0.370 e. The molecule has 0 aromatic heterocycles. The second-order valence-electron chi connectivity index (χ2n) is 2.11. The predicted molar refractivity (Wildman–Crippen MR) is 40.0 cm³/mol. The normalized spacial score (nSPS) is 25.2. The van der Waals surface area contributed by atoms with Crippen LogP contribution < -0.4 is 0 Å². The van der Waals surface area contributed by atoms with E-state index in [0.717, 1.165) is 19.4 Å². The molecule has 0 saturated carbocycles. The third-order valence-electron chi connectivity index (χ3n) is 1.38. The summed E-state index contributed by atoms with van der Waals surface area (Å²) in [7, 11) is 0. The molecule has 0 N–H and O–H groups in total. The molecule has 0 amide bonds. The van der Waals surface area contributed by atoms with Crippen molar-refractivity contribution in [1.82, 2.24) is 0 Å². The molecule has 0 aliphatic carbocycles. The Kier molecular flexibility index (Phi) is 4.06. The van der Waals surface area contributed by atoms with Gasteiger partial charge in [-0.15, -0.1) is 17.0 Å². The van der Waals surface area contributed by atoms with Gasteiger partial charge in [-0.05, 0) is 19.8 Å². The molecule has 3 heteroatoms. The number of carbonyl (C=O) groups excluding carboxylic acids is 1. The van der Waals surface area contributed by atoms with E-state index >= 15 is 0 Å². The summed E-state index contributed by atoms with van der Waals surface area (Å²) < 4.78 is 5.06. The van der Waals surface area contributed by atoms with Crippen LogP contribution in [-0.4, -0.2) is 18.5 Å². The lowest BCUT2D eigenvalue weighted by molar-refractivity contribution is -0.125. The summed E-state index contributed by atoms with van der Waals surface area (Å²) in [5.41, 5.74) is 0. The summed E-state index contributed by atoms with van der Waals surface area (Å²) in [5, 5.41) is 0. The highest BCUT2D eigenvalue weighted by Crippen LogP contribution is 2.11. The minimum Gasteiger partial charge on any atom is -0.370 e. The first-order chi connectivity index (χ1) is 3.80. The van der Waals surface area contributed by atoms with Gasteiger partial charge in [-0.1, -0.05) is 0 Å². The molecule has 1 aliphatic rings. The molecule has 1 unspecified atom stereocenters. The minimum atomic E-state index is -0.0741. The summed E-state index contributed by atoms with van der Waals surface area (Å²) in [4.78, 5) is 10.5. The van der Waals surface area contributed by atoms with E-state index in [1.807, 2.05) is 0 Å². The Morgan fingerprint density at radius 3 is 2.56 bits per heavy atom. The van der Waals surface area contributed by atoms with Crippen molar-refractivity contribution in [2.24, 2.45) is 0 Å². The highest BCUT2D eigenvalue weighted by atomic mass is 79.9. The lowest BCUT2D eigenvalue weighted by Crippen LogP contribution is -2.14. The average Bonchev–Trinajstić information content (AvgIpc) is 2.12. The smallest absolute Gasteiger partial charge is 0.158 e. The molecule has 1 saturated heterocycles. The monoisotopic (exact) mass is 194 g/mol. The highest BCUT2D eigenvalue weighted by molar-refractivity contribution is 8.93. The zero-order chi connectivity index (χ0) is 5.98. The highest BCUT2D eigenvalue weighted by Gasteiger charge is 2.18. The number of ether oxygens (including phenoxy) is 1. The summed E-state index contributed by atoms with van der Waals surface area (Å²) in [6.07, 6.45) is 1.90. The lowest BCUT2D eigenvalue weighted by atomic mass is 10.2. The van der Waals surface area contributed by atoms with Gasteiger partial charge >= 0.3 is 0 Å². The topological polar surface area (TPSA) is 26.3 Å². The van der Waals surface area contributed by atoms with Crippen LogP contribution in [-0.2, 0) is 9.53 Å². The Balaban J connectivity index is 0.000000640. The van der Waals surface area contributed by atoms with Gasteiger partial charge in [0.25, 0.3) is 0 Å². The van der Waals surface area contributed by atoms with Gasteiger partial charge in [0, 0.05) is 6.61 Å². The maximum Gasteiger partial charge on any atom is 0.158 e. The Morgan fingerprint density at radius 1 is 1.67 bits per heavy atom. The van der Waals surface area contributed by atoms with E-state index < -0.39 is 0 Å². The average molecular weight is 195 g/mol. The van der Waals surface area contributed by atoms with Crippen LogP contribution >= 0.6 is 17.0 Å². The molecule has 0 aromatic carbocycles. The number of Topliss-reactive ketones (excluding diaryl/α,β-unsaturated/α-hetero) is 1. The van der Waals surface area contributed by atoms with Crippen molar-refractivity contribution >= 4 is 22.8 Å². The van der Waals surface area contributed by atoms with E-state index in [1.54, 1.807) is 6.92 Å². The Bertz CT molecular complexity index is 97.2. The van der Waals surface area contributed by atoms with Gasteiger partial charge in [-0.3, -0.25) is 4.79 Å². The molecule has 0 bridgehead atoms. The van der Waals surface area contributed by atoms with Gasteiger partial charge in [-0.2, -0.15) is 0 Å². The van der Waals surface area contributed by atoms with Crippen molar-refractivity contribution < 1.29 is 9.53 Å². The van der Waals surface area contributed by atoms with Crippen LogP contribution in [0.1, 0.15) is 19.8 Å². The first-order valence-corrected chi connectivity index (χ1v) is 2.93. The van der Waals surface area contributed by atoms with Crippen LogP contribution in [0.15, 0.2) is 0 Å². The molecule has 54 valence electrons. The minimum absolute atomic E-state index is 0. The van der Waals surface area contributed by atoms with E-state index in [-0.39, 0.29) is 28.9 Å². The van der Waals surface area contributed by atoms with Crippen LogP contribution in [0.3, 0.4) is 0 Å². The standard InChI is InChI=1S/C6H10O2.BrH/c1-5(7)6-3-2-4-8-6;/h6H,2-4H2,1H3;1H. The molecule has 0 spiro atoms. The van der Waals surface area contributed by atoms with Gasteiger partial charge in [0.1, 0.15) is 6.10 Å². The number of hydrogen-bond acceptors (Lipinski definition) is 2. The van der Waals surface area contributed by atoms with Gasteiger partial charge in [0.05, 0.1) is 0 Å². The molecule has 1 rings (SSSR count). The number of carbonyl (C=O) groups is 1. The van der Waals surface area contributed by atoms with Crippen molar-refractivity contribution in [3.8, 4) is 0 Å². The number of rotatable bonds is 1. The van der Waals surface area contributed by atoms with Crippen LogP contribution in [0.4, 0.5) is 0 Å². The molecule has 1 aliphatic heterocycles. The van der Waals surface area contributed by atoms with Crippen molar-refractivity contribution in [3.05, 3.63) is 0 Å². The zero-order valence-electron chi connectivity index (χ0n) is 5.42. The Labute approximate surface area is 65.3 Å². The number of halogens is 1. The zero-order valence-corrected chi connectivity index (χ0v) is 7.14. The fourth-order valence-electron chi connectivity index (χ4n) is 0.898. The van der Waals surface area contributed by atoms with Crippen LogP contribution in [0.5, 0.6) is 0 Å². The maximum atomic E-state index is 10.5. The molecule has 0 radical (unpaired) electrons. The van der Waals surface area contributed by atoms with E-state index in [1.165, 1.54) is 0 Å². The van der Waals surface area contributed by atoms with Gasteiger partial charge in [0.15, 0.2) is 5.78 Å². The summed E-state index contributed by atoms with van der Waals surface area (Å²) in [6, 6.07) is 0. The van der Waals surface area contributed by atoms with Crippen LogP contribution in [0, 0.1) is 0 Å². The first kappa shape index (κ1) is 9.11.